The minimum Gasteiger partial charge on any atom is -0.0996 e. The monoisotopic (exact) mass is 268 g/mol. The first-order valence-corrected chi connectivity index (χ1v) is 8.10. The van der Waals surface area contributed by atoms with Crippen LogP contribution >= 0.6 is 0 Å². The average Bonchev–Trinajstić information content (AvgIpc) is 2.52. The summed E-state index contributed by atoms with van der Waals surface area (Å²) in [5, 5.41) is 0. The molecule has 0 N–H and O–H groups in total. The quantitative estimate of drug-likeness (QED) is 0.496. The van der Waals surface area contributed by atoms with Crippen LogP contribution in [0.15, 0.2) is 60.8 Å². The molecule has 0 saturated carbocycles. The summed E-state index contributed by atoms with van der Waals surface area (Å²) in [5.74, 6) is 2.15. The van der Waals surface area contributed by atoms with Crippen molar-refractivity contribution >= 4 is 0 Å². The lowest BCUT2D eigenvalue weighted by atomic mass is 9.86. The third-order valence-electron chi connectivity index (χ3n) is 4.64. The maximum Gasteiger partial charge on any atom is -0.0193 e. The van der Waals surface area contributed by atoms with E-state index < -0.39 is 0 Å². The third-order valence-corrected chi connectivity index (χ3v) is 4.64. The molecule has 0 saturated heterocycles. The highest BCUT2D eigenvalue weighted by molar-refractivity contribution is 5.12. The molecule has 0 aromatic heterocycles. The Balaban J connectivity index is 1.64. The van der Waals surface area contributed by atoms with E-state index in [1.807, 2.05) is 0 Å². The van der Waals surface area contributed by atoms with Gasteiger partial charge in [0.25, 0.3) is 0 Å². The van der Waals surface area contributed by atoms with Crippen molar-refractivity contribution in [2.45, 2.75) is 45.4 Å². The highest BCUT2D eigenvalue weighted by Gasteiger charge is 2.13. The fourth-order valence-corrected chi connectivity index (χ4v) is 2.98. The lowest BCUT2D eigenvalue weighted by Crippen LogP contribution is -2.06. The molecule has 3 atom stereocenters. The van der Waals surface area contributed by atoms with Gasteiger partial charge in [0.1, 0.15) is 0 Å². The van der Waals surface area contributed by atoms with Crippen LogP contribution in [-0.4, -0.2) is 0 Å². The molecule has 0 heteroatoms. The van der Waals surface area contributed by atoms with Crippen LogP contribution in [0.4, 0.5) is 0 Å². The Hall–Kier alpha value is -1.30. The Bertz CT molecular complexity index is 419. The summed E-state index contributed by atoms with van der Waals surface area (Å²) in [6.07, 6.45) is 25.4. The molecule has 0 bridgehead atoms. The highest BCUT2D eigenvalue weighted by Crippen LogP contribution is 2.27. The Morgan fingerprint density at radius 1 is 1.00 bits per heavy atom. The molecule has 0 spiro atoms. The van der Waals surface area contributed by atoms with Gasteiger partial charge in [0.15, 0.2) is 0 Å². The van der Waals surface area contributed by atoms with Gasteiger partial charge < -0.3 is 0 Å². The fraction of sp³-hybridized carbons (Fsp3) is 0.500. The Kier molecular flexibility index (Phi) is 6.11. The second-order valence-electron chi connectivity index (χ2n) is 6.29. The lowest BCUT2D eigenvalue weighted by molar-refractivity contribution is 0.476. The maximum absolute atomic E-state index is 4.33. The van der Waals surface area contributed by atoms with E-state index in [4.69, 9.17) is 0 Å². The first-order valence-electron chi connectivity index (χ1n) is 8.10. The van der Waals surface area contributed by atoms with Gasteiger partial charge in [0, 0.05) is 0 Å². The van der Waals surface area contributed by atoms with Crippen molar-refractivity contribution in [3.05, 3.63) is 60.8 Å². The van der Waals surface area contributed by atoms with Gasteiger partial charge in [-0.2, -0.15) is 0 Å². The standard InChI is InChI=1S/C20H28/c1-17(13-15-19-9-5-3-6-10-19)18(2)14-16-20-11-7-4-8-12-20/h3-9,11,18-20H,1,10,12-16H2,2H3/t18-,19-,20?/m1/s1. The second kappa shape index (κ2) is 8.09. The molecule has 0 aromatic carbocycles. The van der Waals surface area contributed by atoms with Gasteiger partial charge in [-0.1, -0.05) is 67.7 Å². The zero-order valence-electron chi connectivity index (χ0n) is 12.8. The summed E-state index contributed by atoms with van der Waals surface area (Å²) in [6, 6.07) is 0. The molecule has 0 radical (unpaired) electrons. The van der Waals surface area contributed by atoms with E-state index in [0.717, 1.165) is 11.8 Å². The molecule has 0 amide bonds. The Morgan fingerprint density at radius 2 is 1.60 bits per heavy atom. The number of hydrogen-bond donors (Lipinski definition) is 0. The van der Waals surface area contributed by atoms with Crippen LogP contribution in [0.2, 0.25) is 0 Å². The van der Waals surface area contributed by atoms with Crippen LogP contribution < -0.4 is 0 Å². The number of allylic oxidation sites excluding steroid dienone is 9. The molecular weight excluding hydrogens is 240 g/mol. The molecule has 108 valence electrons. The maximum atomic E-state index is 4.33. The van der Waals surface area contributed by atoms with Crippen molar-refractivity contribution in [3.8, 4) is 0 Å². The normalized spacial score (nSPS) is 25.9. The number of rotatable bonds is 7. The van der Waals surface area contributed by atoms with Gasteiger partial charge in [-0.3, -0.25) is 0 Å². The zero-order chi connectivity index (χ0) is 14.2. The first kappa shape index (κ1) is 15.1. The van der Waals surface area contributed by atoms with Gasteiger partial charge in [-0.05, 0) is 56.3 Å². The van der Waals surface area contributed by atoms with E-state index in [2.05, 4.69) is 62.1 Å². The van der Waals surface area contributed by atoms with E-state index >= 15 is 0 Å². The first-order chi connectivity index (χ1) is 9.75. The van der Waals surface area contributed by atoms with Gasteiger partial charge in [-0.25, -0.2) is 0 Å². The van der Waals surface area contributed by atoms with Crippen molar-refractivity contribution in [1.82, 2.24) is 0 Å². The van der Waals surface area contributed by atoms with Crippen LogP contribution in [0.5, 0.6) is 0 Å². The summed E-state index contributed by atoms with van der Waals surface area (Å²) in [5.41, 5.74) is 1.45. The van der Waals surface area contributed by atoms with Gasteiger partial charge in [0.05, 0.1) is 0 Å². The fourth-order valence-electron chi connectivity index (χ4n) is 2.98. The van der Waals surface area contributed by atoms with Crippen LogP contribution in [0.25, 0.3) is 0 Å². The van der Waals surface area contributed by atoms with Crippen LogP contribution in [0, 0.1) is 17.8 Å². The SMILES string of the molecule is C=C(CC[C@@H]1C=CC=CC1)[C@H](C)CCC1C=CC=CC1. The minimum atomic E-state index is 0.664. The van der Waals surface area contributed by atoms with Gasteiger partial charge in [0.2, 0.25) is 0 Å². The van der Waals surface area contributed by atoms with Crippen LogP contribution in [0.1, 0.15) is 45.4 Å². The molecule has 0 fully saturated rings. The van der Waals surface area contributed by atoms with Gasteiger partial charge >= 0.3 is 0 Å². The highest BCUT2D eigenvalue weighted by atomic mass is 14.2. The summed E-state index contributed by atoms with van der Waals surface area (Å²) in [6.45, 7) is 6.68. The molecule has 2 aliphatic carbocycles. The third kappa shape index (κ3) is 5.00. The second-order valence-corrected chi connectivity index (χ2v) is 6.29. The molecule has 0 nitrogen and oxygen atoms in total. The van der Waals surface area contributed by atoms with Crippen molar-refractivity contribution in [2.24, 2.45) is 17.8 Å². The Morgan fingerprint density at radius 3 is 2.15 bits per heavy atom. The van der Waals surface area contributed by atoms with E-state index in [1.54, 1.807) is 0 Å². The van der Waals surface area contributed by atoms with Crippen molar-refractivity contribution in [3.63, 3.8) is 0 Å². The zero-order valence-corrected chi connectivity index (χ0v) is 12.8. The minimum absolute atomic E-state index is 0.664. The van der Waals surface area contributed by atoms with E-state index in [-0.39, 0.29) is 0 Å². The summed E-state index contributed by atoms with van der Waals surface area (Å²) >= 11 is 0. The molecule has 0 heterocycles. The number of hydrogen-bond acceptors (Lipinski definition) is 0. The van der Waals surface area contributed by atoms with Crippen LogP contribution in [-0.2, 0) is 0 Å². The largest absolute Gasteiger partial charge is 0.0996 e. The van der Waals surface area contributed by atoms with Gasteiger partial charge in [-0.15, -0.1) is 0 Å². The summed E-state index contributed by atoms with van der Waals surface area (Å²) in [7, 11) is 0. The molecular formula is C20H28. The summed E-state index contributed by atoms with van der Waals surface area (Å²) in [4.78, 5) is 0. The molecule has 0 aromatic rings. The Labute approximate surface area is 124 Å². The molecule has 1 unspecified atom stereocenters. The predicted molar refractivity (Wildman–Crippen MR) is 89.5 cm³/mol. The smallest absolute Gasteiger partial charge is 0.0193 e. The predicted octanol–water partition coefficient (Wildman–Crippen LogP) is 6.00. The lowest BCUT2D eigenvalue weighted by Gasteiger charge is -2.20. The topological polar surface area (TPSA) is 0 Å². The average molecular weight is 268 g/mol. The van der Waals surface area contributed by atoms with Crippen LogP contribution in [0.3, 0.4) is 0 Å². The van der Waals surface area contributed by atoms with Crippen molar-refractivity contribution < 1.29 is 0 Å². The van der Waals surface area contributed by atoms with E-state index in [0.29, 0.717) is 5.92 Å². The summed E-state index contributed by atoms with van der Waals surface area (Å²) < 4.78 is 0. The molecule has 2 aliphatic rings. The van der Waals surface area contributed by atoms with Crippen molar-refractivity contribution in [2.75, 3.05) is 0 Å². The van der Waals surface area contributed by atoms with Crippen molar-refractivity contribution in [1.29, 1.82) is 0 Å². The van der Waals surface area contributed by atoms with E-state index in [1.165, 1.54) is 44.1 Å². The van der Waals surface area contributed by atoms with E-state index in [9.17, 15) is 0 Å². The molecule has 0 aliphatic heterocycles. The molecule has 2 rings (SSSR count). The molecule has 20 heavy (non-hydrogen) atoms.